The summed E-state index contributed by atoms with van der Waals surface area (Å²) in [6, 6.07) is 0. The second-order valence-corrected chi connectivity index (χ2v) is 6.09. The first-order valence-corrected chi connectivity index (χ1v) is 7.77. The Morgan fingerprint density at radius 1 is 0.724 bits per heavy atom. The van der Waals surface area contributed by atoms with Crippen LogP contribution in [0.1, 0.15) is 19.8 Å². The summed E-state index contributed by atoms with van der Waals surface area (Å²) in [6.07, 6.45) is -6.56. The van der Waals surface area contributed by atoms with Crippen LogP contribution in [-0.2, 0) is 13.1 Å². The molecular weight excluding hydrogens is 443 g/mol. The number of nitrogens with zero attached hydrogens (tertiary/aromatic N) is 2. The topological polar surface area (TPSA) is 8.81 Å². The molecule has 0 aliphatic rings. The fourth-order valence-electron chi connectivity index (χ4n) is 2.20. The third kappa shape index (κ3) is 4.13. The second kappa shape index (κ2) is 7.52. The van der Waals surface area contributed by atoms with Crippen molar-refractivity contribution in [1.82, 2.24) is 4.57 Å². The molecule has 0 unspecified atom stereocenters. The molecule has 170 valence electrons. The highest BCUT2D eigenvalue weighted by Crippen LogP contribution is 2.60. The lowest BCUT2D eigenvalue weighted by Gasteiger charge is -2.39. The van der Waals surface area contributed by atoms with E-state index in [0.29, 0.717) is 6.54 Å². The Bertz CT molecular complexity index is 690. The zero-order chi connectivity index (χ0) is 23.1. The van der Waals surface area contributed by atoms with Crippen molar-refractivity contribution in [3.05, 3.63) is 18.7 Å². The van der Waals surface area contributed by atoms with Crippen molar-refractivity contribution in [2.45, 2.75) is 68.6 Å². The second-order valence-electron chi connectivity index (χ2n) is 6.09. The summed E-state index contributed by atoms with van der Waals surface area (Å²) >= 11 is 0. The zero-order valence-corrected chi connectivity index (χ0v) is 14.4. The first-order chi connectivity index (χ1) is 12.8. The molecule has 1 rings (SSSR count). The average molecular weight is 457 g/mol. The Morgan fingerprint density at radius 3 is 1.62 bits per heavy atom. The first kappa shape index (κ1) is 25.3. The third-order valence-corrected chi connectivity index (χ3v) is 4.02. The van der Waals surface area contributed by atoms with Gasteiger partial charge in [0, 0.05) is 6.42 Å². The van der Waals surface area contributed by atoms with E-state index < -0.39 is 55.2 Å². The lowest BCUT2D eigenvalue weighted by molar-refractivity contribution is -0.697. The van der Waals surface area contributed by atoms with E-state index in [1.807, 2.05) is 0 Å². The van der Waals surface area contributed by atoms with Crippen molar-refractivity contribution in [2.75, 3.05) is 0 Å². The fourth-order valence-corrected chi connectivity index (χ4v) is 2.20. The molecule has 0 spiro atoms. The summed E-state index contributed by atoms with van der Waals surface area (Å²) in [4.78, 5) is 0. The predicted octanol–water partition coefficient (Wildman–Crippen LogP) is 5.31. The summed E-state index contributed by atoms with van der Waals surface area (Å²) in [6.45, 7) is 1.63. The molecule has 0 aromatic carbocycles. The summed E-state index contributed by atoms with van der Waals surface area (Å²) in [7, 11) is 0. The van der Waals surface area contributed by atoms with Crippen molar-refractivity contribution in [2.24, 2.45) is 0 Å². The molecule has 0 aliphatic heterocycles. The highest BCUT2D eigenvalue weighted by molar-refractivity contribution is 5.10. The van der Waals surface area contributed by atoms with Gasteiger partial charge in [0.1, 0.15) is 12.4 Å². The number of imidazole rings is 1. The van der Waals surface area contributed by atoms with Crippen LogP contribution in [0.25, 0.3) is 0 Å². The standard InChI is InChI=1S/C14H14F13N2/c1-2-28-6-7-29(8-28)5-3-4-9(15,16)10(17,18)11(19,20)12(21,22)13(23,24)14(25,26)27/h6-8H,2-5H2,1H3/q+1. The number of alkyl halides is 13. The first-order valence-electron chi connectivity index (χ1n) is 7.77. The Balaban J connectivity index is 3.08. The van der Waals surface area contributed by atoms with Gasteiger partial charge in [0.05, 0.1) is 13.1 Å². The molecule has 0 amide bonds. The smallest absolute Gasteiger partial charge is 0.237 e. The number of hydrogen-bond donors (Lipinski definition) is 0. The van der Waals surface area contributed by atoms with Crippen molar-refractivity contribution in [3.8, 4) is 0 Å². The van der Waals surface area contributed by atoms with Crippen molar-refractivity contribution < 1.29 is 61.6 Å². The minimum atomic E-state index is -7.85. The maximum atomic E-state index is 13.6. The van der Waals surface area contributed by atoms with Gasteiger partial charge in [-0.05, 0) is 13.3 Å². The fraction of sp³-hybridized carbons (Fsp3) is 0.786. The van der Waals surface area contributed by atoms with Gasteiger partial charge in [-0.3, -0.25) is 0 Å². The van der Waals surface area contributed by atoms with Crippen molar-refractivity contribution in [3.63, 3.8) is 0 Å². The monoisotopic (exact) mass is 457 g/mol. The van der Waals surface area contributed by atoms with Gasteiger partial charge < -0.3 is 0 Å². The molecule has 1 aromatic rings. The molecule has 0 atom stereocenters. The molecule has 29 heavy (non-hydrogen) atoms. The quantitative estimate of drug-likeness (QED) is 0.351. The summed E-state index contributed by atoms with van der Waals surface area (Å²) in [5.41, 5.74) is 0. The molecule has 0 bridgehead atoms. The number of halogens is 13. The zero-order valence-electron chi connectivity index (χ0n) is 14.4. The lowest BCUT2D eigenvalue weighted by Crippen LogP contribution is -2.70. The maximum Gasteiger partial charge on any atom is 0.460 e. The Hall–Kier alpha value is -1.70. The van der Waals surface area contributed by atoms with Gasteiger partial charge in [-0.25, -0.2) is 9.13 Å². The molecule has 0 radical (unpaired) electrons. The molecule has 1 aromatic heterocycles. The molecular formula is C14H14F13N2+. The van der Waals surface area contributed by atoms with Crippen LogP contribution < -0.4 is 4.57 Å². The van der Waals surface area contributed by atoms with Crippen molar-refractivity contribution >= 4 is 0 Å². The van der Waals surface area contributed by atoms with Crippen LogP contribution in [0, 0.1) is 0 Å². The molecule has 15 heteroatoms. The molecule has 0 saturated carbocycles. The van der Waals surface area contributed by atoms with E-state index in [1.54, 1.807) is 6.92 Å². The molecule has 0 aliphatic carbocycles. The van der Waals surface area contributed by atoms with Gasteiger partial charge in [0.25, 0.3) is 0 Å². The molecule has 0 fully saturated rings. The number of hydrogen-bond acceptors (Lipinski definition) is 0. The highest BCUT2D eigenvalue weighted by Gasteiger charge is 2.90. The molecule has 0 saturated heterocycles. The van der Waals surface area contributed by atoms with Crippen molar-refractivity contribution in [1.29, 1.82) is 0 Å². The Labute approximate surface area is 154 Å². The normalized spacial score (nSPS) is 15.1. The van der Waals surface area contributed by atoms with E-state index >= 15 is 0 Å². The molecule has 1 heterocycles. The van der Waals surface area contributed by atoms with Crippen LogP contribution >= 0.6 is 0 Å². The van der Waals surface area contributed by atoms with Gasteiger partial charge in [-0.2, -0.15) is 57.1 Å². The Kier molecular flexibility index (Phi) is 6.57. The van der Waals surface area contributed by atoms with Crippen LogP contribution in [0.5, 0.6) is 0 Å². The average Bonchev–Trinajstić information content (AvgIpc) is 3.00. The highest BCUT2D eigenvalue weighted by atomic mass is 19.4. The minimum absolute atomic E-state index is 0.427. The van der Waals surface area contributed by atoms with Gasteiger partial charge >= 0.3 is 35.8 Å². The van der Waals surface area contributed by atoms with E-state index in [-0.39, 0.29) is 0 Å². The van der Waals surface area contributed by atoms with E-state index in [2.05, 4.69) is 0 Å². The van der Waals surface area contributed by atoms with Gasteiger partial charge in [-0.15, -0.1) is 0 Å². The van der Waals surface area contributed by atoms with Crippen LogP contribution in [0.4, 0.5) is 57.1 Å². The molecule has 2 nitrogen and oxygen atoms in total. The van der Waals surface area contributed by atoms with Crippen LogP contribution in [-0.4, -0.2) is 40.4 Å². The maximum absolute atomic E-state index is 13.6. The van der Waals surface area contributed by atoms with Crippen LogP contribution in [0.3, 0.4) is 0 Å². The number of aromatic nitrogens is 2. The van der Waals surface area contributed by atoms with E-state index in [0.717, 1.165) is 4.57 Å². The summed E-state index contributed by atoms with van der Waals surface area (Å²) in [5.74, 6) is -36.5. The van der Waals surface area contributed by atoms with E-state index in [1.165, 1.54) is 23.3 Å². The third-order valence-electron chi connectivity index (χ3n) is 4.02. The van der Waals surface area contributed by atoms with E-state index in [4.69, 9.17) is 0 Å². The van der Waals surface area contributed by atoms with Gasteiger partial charge in [0.2, 0.25) is 6.33 Å². The summed E-state index contributed by atoms with van der Waals surface area (Å²) < 4.78 is 171. The number of rotatable bonds is 9. The van der Waals surface area contributed by atoms with E-state index in [9.17, 15) is 57.1 Å². The van der Waals surface area contributed by atoms with Gasteiger partial charge in [0.15, 0.2) is 0 Å². The predicted molar refractivity (Wildman–Crippen MR) is 70.3 cm³/mol. The Morgan fingerprint density at radius 2 is 1.21 bits per heavy atom. The summed E-state index contributed by atoms with van der Waals surface area (Å²) in [5, 5.41) is 0. The minimum Gasteiger partial charge on any atom is -0.237 e. The number of aryl methyl sites for hydroxylation is 2. The SMILES string of the molecule is CCn1cc[n+](CCCC(F)(F)C(F)(F)C(F)(F)C(F)(F)C(F)(F)C(F)(F)F)c1. The van der Waals surface area contributed by atoms with Crippen LogP contribution in [0.2, 0.25) is 0 Å². The molecule has 0 N–H and O–H groups in total. The van der Waals surface area contributed by atoms with Gasteiger partial charge in [-0.1, -0.05) is 0 Å². The van der Waals surface area contributed by atoms with Crippen LogP contribution in [0.15, 0.2) is 18.7 Å². The lowest BCUT2D eigenvalue weighted by atomic mass is 9.92. The largest absolute Gasteiger partial charge is 0.460 e.